The van der Waals surface area contributed by atoms with Gasteiger partial charge in [0, 0.05) is 17.7 Å². The van der Waals surface area contributed by atoms with E-state index in [1.807, 2.05) is 19.2 Å². The number of aryl methyl sites for hydroxylation is 1. The maximum absolute atomic E-state index is 9.63. The molecular formula is C13H15N3O. The molecule has 1 saturated carbocycles. The second-order valence-corrected chi connectivity index (χ2v) is 4.77. The summed E-state index contributed by atoms with van der Waals surface area (Å²) in [7, 11) is 0. The van der Waals surface area contributed by atoms with Crippen molar-refractivity contribution in [3.63, 3.8) is 0 Å². The van der Waals surface area contributed by atoms with Crippen LogP contribution in [0.2, 0.25) is 0 Å². The SMILES string of the molecule is Cc1cc(C2=NC3CCC3C=N2)cc(N)c1O. The van der Waals surface area contributed by atoms with Crippen molar-refractivity contribution in [3.8, 4) is 5.75 Å². The lowest BCUT2D eigenvalue weighted by molar-refractivity contribution is 0.344. The molecule has 1 aromatic carbocycles. The summed E-state index contributed by atoms with van der Waals surface area (Å²) in [5.74, 6) is 1.42. The zero-order chi connectivity index (χ0) is 12.0. The first kappa shape index (κ1) is 10.3. The fourth-order valence-corrected chi connectivity index (χ4v) is 2.28. The number of nitrogens with zero attached hydrogens (tertiary/aromatic N) is 2. The largest absolute Gasteiger partial charge is 0.506 e. The number of phenolic OH excluding ortho intramolecular Hbond substituents is 1. The highest BCUT2D eigenvalue weighted by atomic mass is 16.3. The fourth-order valence-electron chi connectivity index (χ4n) is 2.28. The van der Waals surface area contributed by atoms with Gasteiger partial charge in [-0.25, -0.2) is 4.99 Å². The third-order valence-corrected chi connectivity index (χ3v) is 3.55. The van der Waals surface area contributed by atoms with E-state index in [4.69, 9.17) is 5.73 Å². The average Bonchev–Trinajstić information content (AvgIpc) is 2.27. The quantitative estimate of drug-likeness (QED) is 0.570. The van der Waals surface area contributed by atoms with Gasteiger partial charge < -0.3 is 10.8 Å². The van der Waals surface area contributed by atoms with E-state index in [0.29, 0.717) is 17.6 Å². The number of rotatable bonds is 1. The maximum atomic E-state index is 9.63. The smallest absolute Gasteiger partial charge is 0.154 e. The standard InChI is InChI=1S/C13H15N3O/c1-7-4-9(5-10(14)12(7)17)13-15-6-8-2-3-11(8)16-13/h4-6,8,11,17H,2-3,14H2,1H3. The minimum atomic E-state index is 0.149. The Kier molecular flexibility index (Phi) is 2.18. The molecule has 0 radical (unpaired) electrons. The lowest BCUT2D eigenvalue weighted by Crippen LogP contribution is -2.34. The van der Waals surface area contributed by atoms with Crippen LogP contribution in [0.25, 0.3) is 0 Å². The predicted octanol–water partition coefficient (Wildman–Crippen LogP) is 1.89. The minimum Gasteiger partial charge on any atom is -0.506 e. The second-order valence-electron chi connectivity index (χ2n) is 4.77. The van der Waals surface area contributed by atoms with Crippen LogP contribution in [-0.2, 0) is 0 Å². The molecule has 1 heterocycles. The number of amidine groups is 1. The summed E-state index contributed by atoms with van der Waals surface area (Å²) >= 11 is 0. The topological polar surface area (TPSA) is 71.0 Å². The summed E-state index contributed by atoms with van der Waals surface area (Å²) in [6.45, 7) is 1.83. The molecule has 0 aromatic heterocycles. The molecule has 3 N–H and O–H groups in total. The van der Waals surface area contributed by atoms with Gasteiger partial charge in [0.05, 0.1) is 11.7 Å². The van der Waals surface area contributed by atoms with Crippen molar-refractivity contribution < 1.29 is 5.11 Å². The number of fused-ring (bicyclic) bond motifs is 1. The molecule has 1 aliphatic carbocycles. The third-order valence-electron chi connectivity index (χ3n) is 3.55. The lowest BCUT2D eigenvalue weighted by Gasteiger charge is -2.33. The maximum Gasteiger partial charge on any atom is 0.154 e. The number of benzene rings is 1. The van der Waals surface area contributed by atoms with Gasteiger partial charge in [-0.1, -0.05) is 0 Å². The van der Waals surface area contributed by atoms with Gasteiger partial charge in [0.2, 0.25) is 0 Å². The normalized spacial score (nSPS) is 26.1. The Morgan fingerprint density at radius 2 is 2.18 bits per heavy atom. The molecule has 2 aliphatic rings. The molecule has 2 unspecified atom stereocenters. The molecule has 1 aromatic rings. The van der Waals surface area contributed by atoms with Crippen molar-refractivity contribution in [1.82, 2.24) is 0 Å². The molecule has 1 aliphatic heterocycles. The van der Waals surface area contributed by atoms with Gasteiger partial charge >= 0.3 is 0 Å². The van der Waals surface area contributed by atoms with Gasteiger partial charge in [-0.2, -0.15) is 0 Å². The molecule has 4 heteroatoms. The van der Waals surface area contributed by atoms with E-state index in [1.165, 1.54) is 6.42 Å². The van der Waals surface area contributed by atoms with Crippen molar-refractivity contribution in [1.29, 1.82) is 0 Å². The van der Waals surface area contributed by atoms with Crippen LogP contribution in [0.1, 0.15) is 24.0 Å². The number of nitrogen functional groups attached to an aromatic ring is 1. The molecule has 88 valence electrons. The van der Waals surface area contributed by atoms with E-state index in [1.54, 1.807) is 6.07 Å². The van der Waals surface area contributed by atoms with Crippen molar-refractivity contribution in [2.75, 3.05) is 5.73 Å². The summed E-state index contributed by atoms with van der Waals surface area (Å²) in [5, 5.41) is 9.63. The molecule has 0 bridgehead atoms. The number of nitrogens with two attached hydrogens (primary N) is 1. The zero-order valence-electron chi connectivity index (χ0n) is 9.72. The monoisotopic (exact) mass is 229 g/mol. The Morgan fingerprint density at radius 3 is 2.76 bits per heavy atom. The molecular weight excluding hydrogens is 214 g/mol. The van der Waals surface area contributed by atoms with E-state index in [9.17, 15) is 5.11 Å². The Hall–Kier alpha value is -1.84. The van der Waals surface area contributed by atoms with Crippen LogP contribution in [0.5, 0.6) is 5.75 Å². The highest BCUT2D eigenvalue weighted by molar-refractivity contribution is 6.05. The van der Waals surface area contributed by atoms with E-state index in [2.05, 4.69) is 9.98 Å². The van der Waals surface area contributed by atoms with Crippen LogP contribution in [0.15, 0.2) is 22.1 Å². The molecule has 0 saturated heterocycles. The van der Waals surface area contributed by atoms with Crippen LogP contribution in [0.3, 0.4) is 0 Å². The van der Waals surface area contributed by atoms with Crippen LogP contribution >= 0.6 is 0 Å². The first-order valence-corrected chi connectivity index (χ1v) is 5.86. The second kappa shape index (κ2) is 3.58. The van der Waals surface area contributed by atoms with Crippen molar-refractivity contribution in [2.24, 2.45) is 15.9 Å². The Bertz CT molecular complexity index is 510. The number of phenols is 1. The van der Waals surface area contributed by atoms with Gasteiger partial charge in [0.15, 0.2) is 5.84 Å². The molecule has 17 heavy (non-hydrogen) atoms. The first-order chi connectivity index (χ1) is 8.15. The van der Waals surface area contributed by atoms with Crippen LogP contribution in [0.4, 0.5) is 5.69 Å². The number of aromatic hydroxyl groups is 1. The summed E-state index contributed by atoms with van der Waals surface area (Å²) in [6, 6.07) is 4.01. The van der Waals surface area contributed by atoms with Crippen molar-refractivity contribution >= 4 is 17.7 Å². The third kappa shape index (κ3) is 1.60. The molecule has 1 fully saturated rings. The van der Waals surface area contributed by atoms with E-state index >= 15 is 0 Å². The van der Waals surface area contributed by atoms with Gasteiger partial charge in [0.1, 0.15) is 5.75 Å². The predicted molar refractivity (Wildman–Crippen MR) is 68.8 cm³/mol. The van der Waals surface area contributed by atoms with Crippen LogP contribution in [0, 0.1) is 12.8 Å². The minimum absolute atomic E-state index is 0.149. The van der Waals surface area contributed by atoms with Gasteiger partial charge in [-0.05, 0) is 37.5 Å². The Morgan fingerprint density at radius 1 is 1.35 bits per heavy atom. The average molecular weight is 229 g/mol. The number of hydrogen-bond donors (Lipinski definition) is 2. The molecule has 4 nitrogen and oxygen atoms in total. The highest BCUT2D eigenvalue weighted by Gasteiger charge is 2.32. The summed E-state index contributed by atoms with van der Waals surface area (Å²) in [5.41, 5.74) is 7.78. The van der Waals surface area contributed by atoms with Crippen LogP contribution in [-0.4, -0.2) is 23.2 Å². The molecule has 2 atom stereocenters. The van der Waals surface area contributed by atoms with Crippen LogP contribution < -0.4 is 5.73 Å². The van der Waals surface area contributed by atoms with Gasteiger partial charge in [-0.15, -0.1) is 0 Å². The van der Waals surface area contributed by atoms with Gasteiger partial charge in [-0.3, -0.25) is 4.99 Å². The summed E-state index contributed by atoms with van der Waals surface area (Å²) in [6.07, 6.45) is 4.34. The van der Waals surface area contributed by atoms with E-state index in [-0.39, 0.29) is 5.75 Å². The Labute approximate surface area is 99.9 Å². The van der Waals surface area contributed by atoms with E-state index in [0.717, 1.165) is 23.4 Å². The molecule has 3 rings (SSSR count). The summed E-state index contributed by atoms with van der Waals surface area (Å²) < 4.78 is 0. The summed E-state index contributed by atoms with van der Waals surface area (Å²) in [4.78, 5) is 9.00. The van der Waals surface area contributed by atoms with Crippen molar-refractivity contribution in [2.45, 2.75) is 25.8 Å². The lowest BCUT2D eigenvalue weighted by atomic mass is 9.80. The number of aliphatic imine (C=N–C) groups is 2. The molecule has 0 spiro atoms. The zero-order valence-corrected chi connectivity index (χ0v) is 9.72. The number of anilines is 1. The van der Waals surface area contributed by atoms with Gasteiger partial charge in [0.25, 0.3) is 0 Å². The van der Waals surface area contributed by atoms with E-state index < -0.39 is 0 Å². The fraction of sp³-hybridized carbons (Fsp3) is 0.385. The number of hydrogen-bond acceptors (Lipinski definition) is 4. The first-order valence-electron chi connectivity index (χ1n) is 5.86. The Balaban J connectivity index is 2.00. The highest BCUT2D eigenvalue weighted by Crippen LogP contribution is 2.33. The van der Waals surface area contributed by atoms with Crippen molar-refractivity contribution in [3.05, 3.63) is 23.3 Å². The molecule has 0 amide bonds.